The van der Waals surface area contributed by atoms with Gasteiger partial charge in [-0.15, -0.1) is 0 Å². The number of H-pyrrole nitrogens is 1. The van der Waals surface area contributed by atoms with Gasteiger partial charge in [0.2, 0.25) is 5.91 Å². The Morgan fingerprint density at radius 3 is 2.71 bits per heavy atom. The van der Waals surface area contributed by atoms with Crippen molar-refractivity contribution >= 4 is 22.8 Å². The highest BCUT2D eigenvalue weighted by atomic mass is 16.4. The molecule has 0 spiro atoms. The predicted octanol–water partition coefficient (Wildman–Crippen LogP) is 1.62. The van der Waals surface area contributed by atoms with Gasteiger partial charge in [0.05, 0.1) is 10.9 Å². The molecule has 0 bridgehead atoms. The third-order valence-electron chi connectivity index (χ3n) is 4.07. The van der Waals surface area contributed by atoms with E-state index in [1.54, 1.807) is 25.1 Å². The number of benzene rings is 1. The Morgan fingerprint density at radius 1 is 1.33 bits per heavy atom. The Hall–Kier alpha value is -2.70. The van der Waals surface area contributed by atoms with Gasteiger partial charge in [-0.1, -0.05) is 19.1 Å². The number of carbonyl (C=O) groups excluding carboxylic acids is 1. The van der Waals surface area contributed by atoms with E-state index in [1.165, 1.54) is 6.92 Å². The minimum atomic E-state index is -1.26. The Kier molecular flexibility index (Phi) is 5.33. The third-order valence-corrected chi connectivity index (χ3v) is 4.07. The van der Waals surface area contributed by atoms with Crippen molar-refractivity contribution in [3.63, 3.8) is 0 Å². The van der Waals surface area contributed by atoms with Gasteiger partial charge in [-0.25, -0.2) is 9.78 Å². The molecule has 0 aliphatic rings. The van der Waals surface area contributed by atoms with Crippen molar-refractivity contribution in [1.82, 2.24) is 15.3 Å². The molecule has 1 amide bonds. The first-order chi connectivity index (χ1) is 11.4. The van der Waals surface area contributed by atoms with Crippen molar-refractivity contribution in [1.29, 1.82) is 0 Å². The first-order valence-electron chi connectivity index (χ1n) is 7.88. The molecule has 0 aliphatic heterocycles. The molecule has 0 aliphatic carbocycles. The van der Waals surface area contributed by atoms with E-state index in [-0.39, 0.29) is 17.9 Å². The highest BCUT2D eigenvalue weighted by molar-refractivity contribution is 5.86. The molecular weight excluding hydrogens is 310 g/mol. The maximum atomic E-state index is 12.0. The molecule has 2 aromatic rings. The molecule has 128 valence electrons. The summed E-state index contributed by atoms with van der Waals surface area (Å²) in [5.41, 5.74) is -0.846. The van der Waals surface area contributed by atoms with Crippen LogP contribution < -0.4 is 10.9 Å². The average molecular weight is 331 g/mol. The molecule has 2 rings (SSSR count). The average Bonchev–Trinajstić information content (AvgIpc) is 2.54. The first-order valence-corrected chi connectivity index (χ1v) is 7.88. The minimum absolute atomic E-state index is 0.166. The van der Waals surface area contributed by atoms with Crippen LogP contribution in [0.2, 0.25) is 0 Å². The van der Waals surface area contributed by atoms with Crippen LogP contribution in [0.25, 0.3) is 10.9 Å². The van der Waals surface area contributed by atoms with Crippen LogP contribution in [0, 0.1) is 0 Å². The summed E-state index contributed by atoms with van der Waals surface area (Å²) in [7, 11) is 0. The van der Waals surface area contributed by atoms with Gasteiger partial charge in [0.1, 0.15) is 11.4 Å². The fourth-order valence-electron chi connectivity index (χ4n) is 2.33. The van der Waals surface area contributed by atoms with E-state index in [0.29, 0.717) is 36.0 Å². The minimum Gasteiger partial charge on any atom is -0.480 e. The number of carboxylic acids is 1. The van der Waals surface area contributed by atoms with Crippen molar-refractivity contribution < 1.29 is 14.7 Å². The summed E-state index contributed by atoms with van der Waals surface area (Å²) in [5.74, 6) is -0.869. The number of rotatable bonds is 7. The molecule has 24 heavy (non-hydrogen) atoms. The van der Waals surface area contributed by atoms with Crippen molar-refractivity contribution in [2.75, 3.05) is 0 Å². The van der Waals surface area contributed by atoms with Crippen LogP contribution in [0.3, 0.4) is 0 Å². The lowest BCUT2D eigenvalue weighted by Gasteiger charge is -2.24. The Balaban J connectivity index is 1.96. The number of fused-ring (bicyclic) bond motifs is 1. The quantitative estimate of drug-likeness (QED) is 0.713. The maximum Gasteiger partial charge on any atom is 0.329 e. The van der Waals surface area contributed by atoms with Gasteiger partial charge in [-0.05, 0) is 31.9 Å². The molecule has 7 heteroatoms. The number of aromatic amines is 1. The van der Waals surface area contributed by atoms with Gasteiger partial charge in [0.25, 0.3) is 5.56 Å². The number of para-hydroxylation sites is 1. The summed E-state index contributed by atoms with van der Waals surface area (Å²) in [5, 5.41) is 12.2. The van der Waals surface area contributed by atoms with Crippen LogP contribution in [-0.4, -0.2) is 32.5 Å². The number of aryl methyl sites for hydroxylation is 1. The molecule has 1 aromatic heterocycles. The molecule has 1 heterocycles. The lowest BCUT2D eigenvalue weighted by atomic mass is 9.99. The highest BCUT2D eigenvalue weighted by Crippen LogP contribution is 2.11. The van der Waals surface area contributed by atoms with Crippen molar-refractivity contribution in [3.05, 3.63) is 40.4 Å². The van der Waals surface area contributed by atoms with E-state index in [4.69, 9.17) is 5.11 Å². The maximum absolute atomic E-state index is 12.0. The topological polar surface area (TPSA) is 112 Å². The second-order valence-corrected chi connectivity index (χ2v) is 5.92. The van der Waals surface area contributed by atoms with Gasteiger partial charge in [-0.3, -0.25) is 9.59 Å². The summed E-state index contributed by atoms with van der Waals surface area (Å²) in [6, 6.07) is 7.05. The van der Waals surface area contributed by atoms with Crippen LogP contribution in [0.1, 0.15) is 38.9 Å². The monoisotopic (exact) mass is 331 g/mol. The highest BCUT2D eigenvalue weighted by Gasteiger charge is 2.32. The van der Waals surface area contributed by atoms with E-state index < -0.39 is 11.5 Å². The van der Waals surface area contributed by atoms with Gasteiger partial charge in [0.15, 0.2) is 0 Å². The molecule has 1 unspecified atom stereocenters. The lowest BCUT2D eigenvalue weighted by Crippen LogP contribution is -2.51. The molecule has 0 saturated heterocycles. The number of amides is 1. The second kappa shape index (κ2) is 7.25. The summed E-state index contributed by atoms with van der Waals surface area (Å²) < 4.78 is 0. The summed E-state index contributed by atoms with van der Waals surface area (Å²) in [6.07, 6.45) is 1.36. The van der Waals surface area contributed by atoms with Crippen LogP contribution in [-0.2, 0) is 16.0 Å². The summed E-state index contributed by atoms with van der Waals surface area (Å²) in [6.45, 7) is 3.19. The largest absolute Gasteiger partial charge is 0.480 e. The van der Waals surface area contributed by atoms with Crippen LogP contribution in [0.15, 0.2) is 29.1 Å². The normalized spacial score (nSPS) is 13.4. The zero-order valence-electron chi connectivity index (χ0n) is 13.8. The molecular formula is C17H21N3O4. The summed E-state index contributed by atoms with van der Waals surface area (Å²) in [4.78, 5) is 42.1. The zero-order chi connectivity index (χ0) is 17.7. The van der Waals surface area contributed by atoms with Crippen molar-refractivity contribution in [2.45, 2.75) is 45.1 Å². The zero-order valence-corrected chi connectivity index (χ0v) is 13.8. The number of aliphatic carboxylic acids is 1. The molecule has 0 radical (unpaired) electrons. The van der Waals surface area contributed by atoms with E-state index in [2.05, 4.69) is 15.3 Å². The number of carbonyl (C=O) groups is 2. The van der Waals surface area contributed by atoms with E-state index in [1.807, 2.05) is 6.07 Å². The SMILES string of the molecule is CCC(C)(NC(=O)CCCc1nc2ccccc2c(=O)[nH]1)C(=O)O. The first kappa shape index (κ1) is 17.7. The number of hydrogen-bond acceptors (Lipinski definition) is 4. The van der Waals surface area contributed by atoms with Gasteiger partial charge >= 0.3 is 5.97 Å². The molecule has 1 atom stereocenters. The molecule has 1 aromatic carbocycles. The summed E-state index contributed by atoms with van der Waals surface area (Å²) >= 11 is 0. The third kappa shape index (κ3) is 3.98. The van der Waals surface area contributed by atoms with E-state index in [0.717, 1.165) is 0 Å². The lowest BCUT2D eigenvalue weighted by molar-refractivity contribution is -0.147. The fourth-order valence-corrected chi connectivity index (χ4v) is 2.33. The van der Waals surface area contributed by atoms with Crippen LogP contribution >= 0.6 is 0 Å². The van der Waals surface area contributed by atoms with E-state index >= 15 is 0 Å². The van der Waals surface area contributed by atoms with E-state index in [9.17, 15) is 14.4 Å². The van der Waals surface area contributed by atoms with Crippen LogP contribution in [0.4, 0.5) is 0 Å². The molecule has 0 saturated carbocycles. The smallest absolute Gasteiger partial charge is 0.329 e. The number of nitrogens with zero attached hydrogens (tertiary/aromatic N) is 1. The second-order valence-electron chi connectivity index (χ2n) is 5.92. The number of nitrogens with one attached hydrogen (secondary N) is 2. The van der Waals surface area contributed by atoms with Crippen molar-refractivity contribution in [3.8, 4) is 0 Å². The number of carboxylic acid groups (broad SMARTS) is 1. The standard InChI is InChI=1S/C17H21N3O4/c1-3-17(2,16(23)24)20-14(21)10-6-9-13-18-12-8-5-4-7-11(12)15(22)19-13/h4-5,7-8H,3,6,9-10H2,1-2H3,(H,20,21)(H,23,24)(H,18,19,22). The Bertz CT molecular complexity index is 815. The number of aromatic nitrogens is 2. The molecule has 3 N–H and O–H groups in total. The molecule has 7 nitrogen and oxygen atoms in total. The number of hydrogen-bond donors (Lipinski definition) is 3. The Labute approximate surface area is 139 Å². The Morgan fingerprint density at radius 2 is 2.04 bits per heavy atom. The molecule has 0 fully saturated rings. The predicted molar refractivity (Wildman–Crippen MR) is 89.8 cm³/mol. The van der Waals surface area contributed by atoms with Crippen molar-refractivity contribution in [2.24, 2.45) is 0 Å². The fraction of sp³-hybridized carbons (Fsp3) is 0.412. The van der Waals surface area contributed by atoms with Crippen LogP contribution in [0.5, 0.6) is 0 Å². The van der Waals surface area contributed by atoms with Gasteiger partial charge < -0.3 is 15.4 Å². The van der Waals surface area contributed by atoms with Gasteiger partial charge in [0, 0.05) is 12.8 Å². The van der Waals surface area contributed by atoms with Gasteiger partial charge in [-0.2, -0.15) is 0 Å².